The highest BCUT2D eigenvalue weighted by Gasteiger charge is 2.33. The highest BCUT2D eigenvalue weighted by atomic mass is 35.5. The Morgan fingerprint density at radius 1 is 1.25 bits per heavy atom. The maximum atomic E-state index is 14.5. The lowest BCUT2D eigenvalue weighted by molar-refractivity contribution is -0.116. The monoisotopic (exact) mass is 399 g/mol. The van der Waals surface area contributed by atoms with Gasteiger partial charge in [0.1, 0.15) is 11.6 Å². The third-order valence-electron chi connectivity index (χ3n) is 5.01. The zero-order valence-electron chi connectivity index (χ0n) is 14.6. The molecule has 8 heteroatoms. The van der Waals surface area contributed by atoms with E-state index in [0.29, 0.717) is 34.4 Å². The van der Waals surface area contributed by atoms with E-state index in [1.807, 2.05) is 18.2 Å². The van der Waals surface area contributed by atoms with Gasteiger partial charge >= 0.3 is 0 Å². The number of carbonyl (C=O) groups excluding carboxylic acids is 1. The maximum Gasteiger partial charge on any atom is 0.231 e. The van der Waals surface area contributed by atoms with Crippen LogP contribution in [0.25, 0.3) is 0 Å². The number of rotatable bonds is 3. The van der Waals surface area contributed by atoms with Gasteiger partial charge in [-0.3, -0.25) is 4.79 Å². The second kappa shape index (κ2) is 6.53. The first-order valence-electron chi connectivity index (χ1n) is 8.78. The third-order valence-corrected chi connectivity index (χ3v) is 5.34. The van der Waals surface area contributed by atoms with Crippen molar-refractivity contribution in [2.45, 2.75) is 18.9 Å². The van der Waals surface area contributed by atoms with Crippen LogP contribution >= 0.6 is 11.6 Å². The highest BCUT2D eigenvalue weighted by molar-refractivity contribution is 6.31. The summed E-state index contributed by atoms with van der Waals surface area (Å²) in [6.45, 7) is 0.626. The van der Waals surface area contributed by atoms with Crippen LogP contribution in [-0.2, 0) is 11.3 Å². The van der Waals surface area contributed by atoms with E-state index in [2.05, 4.69) is 10.4 Å². The van der Waals surface area contributed by atoms with Crippen LogP contribution < -0.4 is 14.8 Å². The molecular formula is C20H15ClFN3O3. The molecule has 0 radical (unpaired) electrons. The van der Waals surface area contributed by atoms with Crippen LogP contribution in [0, 0.1) is 5.82 Å². The van der Waals surface area contributed by atoms with E-state index in [0.717, 1.165) is 11.1 Å². The van der Waals surface area contributed by atoms with Crippen molar-refractivity contribution in [2.24, 2.45) is 0 Å². The first kappa shape index (κ1) is 17.1. The minimum absolute atomic E-state index is 0.114. The van der Waals surface area contributed by atoms with Gasteiger partial charge in [-0.15, -0.1) is 0 Å². The van der Waals surface area contributed by atoms with Crippen molar-refractivity contribution in [3.8, 4) is 11.5 Å². The van der Waals surface area contributed by atoms with Crippen LogP contribution in [0.15, 0.2) is 42.6 Å². The Bertz CT molecular complexity index is 1080. The minimum atomic E-state index is -0.483. The molecule has 1 aromatic heterocycles. The average molecular weight is 400 g/mol. The number of halogens is 2. The molecule has 0 spiro atoms. The maximum absolute atomic E-state index is 14.5. The molecule has 3 heterocycles. The van der Waals surface area contributed by atoms with Crippen LogP contribution in [0.3, 0.4) is 0 Å². The van der Waals surface area contributed by atoms with Crippen molar-refractivity contribution in [1.29, 1.82) is 0 Å². The van der Waals surface area contributed by atoms with Gasteiger partial charge in [-0.2, -0.15) is 5.10 Å². The molecule has 142 valence electrons. The molecule has 5 rings (SSSR count). The molecule has 2 aliphatic rings. The van der Waals surface area contributed by atoms with Crippen molar-refractivity contribution in [1.82, 2.24) is 9.78 Å². The number of anilines is 1. The zero-order valence-corrected chi connectivity index (χ0v) is 15.4. The summed E-state index contributed by atoms with van der Waals surface area (Å²) in [7, 11) is 0. The number of hydrogen-bond acceptors (Lipinski definition) is 4. The van der Waals surface area contributed by atoms with E-state index in [1.54, 1.807) is 23.0 Å². The van der Waals surface area contributed by atoms with E-state index >= 15 is 0 Å². The van der Waals surface area contributed by atoms with Gasteiger partial charge in [-0.1, -0.05) is 23.7 Å². The van der Waals surface area contributed by atoms with Crippen LogP contribution in [0.5, 0.6) is 11.5 Å². The fourth-order valence-electron chi connectivity index (χ4n) is 3.70. The Morgan fingerprint density at radius 3 is 2.96 bits per heavy atom. The SMILES string of the molecule is O=C1C[C@H](c2c(F)cccc2Cl)c2cnn(Cc3ccc4c(c3)OCO4)c2N1. The fourth-order valence-corrected chi connectivity index (χ4v) is 4.00. The van der Waals surface area contributed by atoms with Crippen molar-refractivity contribution in [3.63, 3.8) is 0 Å². The quantitative estimate of drug-likeness (QED) is 0.724. The average Bonchev–Trinajstić information content (AvgIpc) is 3.28. The molecule has 1 N–H and O–H groups in total. The number of carbonyl (C=O) groups is 1. The van der Waals surface area contributed by atoms with Gasteiger partial charge in [0.2, 0.25) is 12.7 Å². The second-order valence-electron chi connectivity index (χ2n) is 6.73. The molecule has 0 aliphatic carbocycles. The molecule has 2 aromatic carbocycles. The number of aromatic nitrogens is 2. The second-order valence-corrected chi connectivity index (χ2v) is 7.14. The summed E-state index contributed by atoms with van der Waals surface area (Å²) in [5, 5.41) is 7.58. The van der Waals surface area contributed by atoms with Gasteiger partial charge in [0.15, 0.2) is 11.5 Å². The molecule has 1 amide bonds. The van der Waals surface area contributed by atoms with Crippen molar-refractivity contribution < 1.29 is 18.7 Å². The van der Waals surface area contributed by atoms with Gasteiger partial charge < -0.3 is 14.8 Å². The molecule has 0 fully saturated rings. The molecular weight excluding hydrogens is 385 g/mol. The molecule has 0 saturated heterocycles. The number of nitrogens with zero attached hydrogens (tertiary/aromatic N) is 2. The molecule has 0 unspecified atom stereocenters. The summed E-state index contributed by atoms with van der Waals surface area (Å²) in [6.07, 6.45) is 1.78. The van der Waals surface area contributed by atoms with E-state index in [9.17, 15) is 9.18 Å². The normalized spacial score (nSPS) is 17.4. The Morgan fingerprint density at radius 2 is 2.11 bits per heavy atom. The standard InChI is InChI=1S/C20H15ClFN3O3/c21-14-2-1-3-15(22)19(14)12-7-18(26)24-20-13(12)8-23-25(20)9-11-4-5-16-17(6-11)28-10-27-16/h1-6,8,12H,7,9-10H2,(H,24,26)/t12-/m0/s1. The fraction of sp³-hybridized carbons (Fsp3) is 0.200. The molecule has 6 nitrogen and oxygen atoms in total. The van der Waals surface area contributed by atoms with Crippen molar-refractivity contribution >= 4 is 23.3 Å². The van der Waals surface area contributed by atoms with Crippen LogP contribution in [0.1, 0.15) is 29.0 Å². The van der Waals surface area contributed by atoms with E-state index in [-0.39, 0.29) is 19.1 Å². The predicted octanol–water partition coefficient (Wildman–Crippen LogP) is 3.93. The first-order chi connectivity index (χ1) is 13.6. The minimum Gasteiger partial charge on any atom is -0.454 e. The Balaban J connectivity index is 1.52. The summed E-state index contributed by atoms with van der Waals surface area (Å²) in [6, 6.07) is 10.2. The Hall–Kier alpha value is -3.06. The number of hydrogen-bond donors (Lipinski definition) is 1. The zero-order chi connectivity index (χ0) is 19.3. The van der Waals surface area contributed by atoms with E-state index < -0.39 is 11.7 Å². The highest BCUT2D eigenvalue weighted by Crippen LogP contribution is 2.41. The number of benzene rings is 2. The number of fused-ring (bicyclic) bond motifs is 2. The third kappa shape index (κ3) is 2.79. The lowest BCUT2D eigenvalue weighted by Gasteiger charge is -2.24. The predicted molar refractivity (Wildman–Crippen MR) is 100 cm³/mol. The lowest BCUT2D eigenvalue weighted by atomic mass is 9.87. The van der Waals surface area contributed by atoms with Crippen LogP contribution in [-0.4, -0.2) is 22.5 Å². The lowest BCUT2D eigenvalue weighted by Crippen LogP contribution is -2.25. The summed E-state index contributed by atoms with van der Waals surface area (Å²) in [4.78, 5) is 12.3. The smallest absolute Gasteiger partial charge is 0.231 e. The first-order valence-corrected chi connectivity index (χ1v) is 9.16. The van der Waals surface area contributed by atoms with Crippen molar-refractivity contribution in [3.05, 3.63) is 70.1 Å². The topological polar surface area (TPSA) is 65.4 Å². The van der Waals surface area contributed by atoms with Gasteiger partial charge in [-0.05, 0) is 29.8 Å². The van der Waals surface area contributed by atoms with E-state index in [1.165, 1.54) is 6.07 Å². The van der Waals surface area contributed by atoms with E-state index in [4.69, 9.17) is 21.1 Å². The molecule has 1 atom stereocenters. The molecule has 3 aromatic rings. The molecule has 28 heavy (non-hydrogen) atoms. The van der Waals surface area contributed by atoms with Gasteiger partial charge in [-0.25, -0.2) is 9.07 Å². The summed E-state index contributed by atoms with van der Waals surface area (Å²) < 4.78 is 26.9. The summed E-state index contributed by atoms with van der Waals surface area (Å²) in [5.41, 5.74) is 2.01. The molecule has 0 bridgehead atoms. The Labute approximate surface area is 164 Å². The number of nitrogens with one attached hydrogen (secondary N) is 1. The van der Waals surface area contributed by atoms with Gasteiger partial charge in [0.05, 0.1) is 12.7 Å². The largest absolute Gasteiger partial charge is 0.454 e. The molecule has 0 saturated carbocycles. The molecule has 2 aliphatic heterocycles. The number of ether oxygens (including phenoxy) is 2. The van der Waals surface area contributed by atoms with Gasteiger partial charge in [0.25, 0.3) is 0 Å². The summed E-state index contributed by atoms with van der Waals surface area (Å²) >= 11 is 6.24. The Kier molecular flexibility index (Phi) is 3.98. The van der Waals surface area contributed by atoms with Gasteiger partial charge in [0, 0.05) is 28.5 Å². The number of amides is 1. The van der Waals surface area contributed by atoms with Crippen LogP contribution in [0.2, 0.25) is 5.02 Å². The summed E-state index contributed by atoms with van der Waals surface area (Å²) in [5.74, 6) is 0.819. The van der Waals surface area contributed by atoms with Crippen LogP contribution in [0.4, 0.5) is 10.2 Å². The van der Waals surface area contributed by atoms with Crippen molar-refractivity contribution in [2.75, 3.05) is 12.1 Å².